The second-order valence-electron chi connectivity index (χ2n) is 6.70. The second kappa shape index (κ2) is 9.04. The molecule has 1 aliphatic heterocycles. The molecule has 2 aliphatic rings. The maximum atomic E-state index is 12.5. The highest BCUT2D eigenvalue weighted by atomic mass is 32.2. The van der Waals surface area contributed by atoms with E-state index < -0.39 is 0 Å². The van der Waals surface area contributed by atoms with Gasteiger partial charge in [-0.3, -0.25) is 19.3 Å². The lowest BCUT2D eigenvalue weighted by Gasteiger charge is -2.18. The number of hydrogen-bond acceptors (Lipinski definition) is 4. The summed E-state index contributed by atoms with van der Waals surface area (Å²) in [5.74, 6) is -0.298. The highest BCUT2D eigenvalue weighted by molar-refractivity contribution is 8.18. The summed E-state index contributed by atoms with van der Waals surface area (Å²) in [6.45, 7) is 2.57. The third kappa shape index (κ3) is 4.89. The highest BCUT2D eigenvalue weighted by Crippen LogP contribution is 2.32. The molecule has 1 unspecified atom stereocenters. The largest absolute Gasteiger partial charge is 0.354 e. The van der Waals surface area contributed by atoms with Crippen LogP contribution in [0.15, 0.2) is 41.3 Å². The van der Waals surface area contributed by atoms with Crippen LogP contribution in [0.4, 0.5) is 4.79 Å². The third-order valence-corrected chi connectivity index (χ3v) is 5.74. The van der Waals surface area contributed by atoms with E-state index in [-0.39, 0.29) is 36.1 Å². The normalized spacial score (nSPS) is 21.1. The van der Waals surface area contributed by atoms with Crippen LogP contribution in [0.2, 0.25) is 0 Å². The molecule has 1 aromatic carbocycles. The van der Waals surface area contributed by atoms with E-state index >= 15 is 0 Å². The van der Waals surface area contributed by atoms with Crippen LogP contribution in [0.1, 0.15) is 37.3 Å². The van der Waals surface area contributed by atoms with Gasteiger partial charge in [0.2, 0.25) is 5.91 Å². The molecular weight excluding hydrogens is 360 g/mol. The number of nitrogens with zero attached hydrogens (tertiary/aromatic N) is 1. The minimum absolute atomic E-state index is 0.00197. The van der Waals surface area contributed by atoms with Crippen LogP contribution in [0.3, 0.4) is 0 Å². The lowest BCUT2D eigenvalue weighted by Crippen LogP contribution is -2.39. The smallest absolute Gasteiger partial charge is 0.293 e. The Morgan fingerprint density at radius 2 is 2.04 bits per heavy atom. The van der Waals surface area contributed by atoms with Gasteiger partial charge in [0.1, 0.15) is 0 Å². The molecule has 1 aliphatic carbocycles. The molecule has 0 radical (unpaired) electrons. The first kappa shape index (κ1) is 19.4. The van der Waals surface area contributed by atoms with Crippen LogP contribution in [0, 0.1) is 5.92 Å². The maximum Gasteiger partial charge on any atom is 0.293 e. The Balaban J connectivity index is 1.54. The number of allylic oxidation sites excluding steroid dienone is 2. The molecule has 6 heteroatoms. The number of amides is 3. The molecular formula is C21H24N2O3S. The summed E-state index contributed by atoms with van der Waals surface area (Å²) in [5, 5.41) is 2.56. The number of benzene rings is 1. The number of aryl methyl sites for hydroxylation is 1. The fraction of sp³-hybridized carbons (Fsp3) is 0.381. The first-order valence-electron chi connectivity index (χ1n) is 9.35. The van der Waals surface area contributed by atoms with Crippen molar-refractivity contribution in [3.8, 4) is 0 Å². The van der Waals surface area contributed by atoms with Gasteiger partial charge in [0, 0.05) is 19.0 Å². The van der Waals surface area contributed by atoms with Gasteiger partial charge in [-0.2, -0.15) is 0 Å². The Labute approximate surface area is 163 Å². The van der Waals surface area contributed by atoms with Crippen LogP contribution in [-0.4, -0.2) is 35.0 Å². The van der Waals surface area contributed by atoms with E-state index in [1.54, 1.807) is 6.08 Å². The Hall–Kier alpha value is -2.34. The Kier molecular flexibility index (Phi) is 6.50. The Morgan fingerprint density at radius 3 is 2.70 bits per heavy atom. The predicted molar refractivity (Wildman–Crippen MR) is 108 cm³/mol. The van der Waals surface area contributed by atoms with Crippen molar-refractivity contribution in [1.29, 1.82) is 0 Å². The van der Waals surface area contributed by atoms with Crippen LogP contribution in [-0.2, 0) is 16.0 Å². The molecule has 5 nitrogen and oxygen atoms in total. The quantitative estimate of drug-likeness (QED) is 0.599. The van der Waals surface area contributed by atoms with Gasteiger partial charge in [-0.05, 0) is 54.6 Å². The summed E-state index contributed by atoms with van der Waals surface area (Å²) in [4.78, 5) is 38.5. The molecule has 1 fully saturated rings. The molecule has 1 atom stereocenters. The van der Waals surface area contributed by atoms with Gasteiger partial charge in [0.05, 0.1) is 4.91 Å². The summed E-state index contributed by atoms with van der Waals surface area (Å²) in [6, 6.07) is 7.94. The summed E-state index contributed by atoms with van der Waals surface area (Å²) in [6.07, 6.45) is 9.35. The predicted octanol–water partition coefficient (Wildman–Crippen LogP) is 3.76. The lowest BCUT2D eigenvalue weighted by atomic mass is 9.94. The van der Waals surface area contributed by atoms with E-state index in [1.165, 1.54) is 10.5 Å². The highest BCUT2D eigenvalue weighted by Gasteiger charge is 2.34. The molecule has 1 heterocycles. The molecule has 1 saturated heterocycles. The van der Waals surface area contributed by atoms with Gasteiger partial charge in [-0.25, -0.2) is 0 Å². The zero-order valence-electron chi connectivity index (χ0n) is 15.4. The summed E-state index contributed by atoms with van der Waals surface area (Å²) in [5.41, 5.74) is 2.13. The van der Waals surface area contributed by atoms with Crippen LogP contribution in [0.5, 0.6) is 0 Å². The monoisotopic (exact) mass is 384 g/mol. The van der Waals surface area contributed by atoms with E-state index in [4.69, 9.17) is 0 Å². The van der Waals surface area contributed by atoms with Gasteiger partial charge in [-0.1, -0.05) is 43.3 Å². The number of nitrogens with one attached hydrogen (secondary N) is 1. The molecule has 3 rings (SSSR count). The van der Waals surface area contributed by atoms with E-state index in [1.807, 2.05) is 30.3 Å². The zero-order chi connectivity index (χ0) is 19.2. The number of rotatable bonds is 6. The van der Waals surface area contributed by atoms with Crippen molar-refractivity contribution in [2.75, 3.05) is 13.1 Å². The first-order chi connectivity index (χ1) is 13.1. The van der Waals surface area contributed by atoms with Crippen LogP contribution >= 0.6 is 11.8 Å². The Bertz CT molecular complexity index is 783. The van der Waals surface area contributed by atoms with Gasteiger partial charge in [0.25, 0.3) is 11.1 Å². The van der Waals surface area contributed by atoms with Crippen molar-refractivity contribution >= 4 is 34.9 Å². The Morgan fingerprint density at radius 1 is 1.26 bits per heavy atom. The number of carbonyl (C=O) groups is 3. The van der Waals surface area contributed by atoms with Crippen molar-refractivity contribution in [2.24, 2.45) is 5.92 Å². The maximum absolute atomic E-state index is 12.5. The van der Waals surface area contributed by atoms with Crippen LogP contribution in [0.25, 0.3) is 6.08 Å². The van der Waals surface area contributed by atoms with Crippen molar-refractivity contribution in [1.82, 2.24) is 10.2 Å². The van der Waals surface area contributed by atoms with Gasteiger partial charge in [-0.15, -0.1) is 0 Å². The van der Waals surface area contributed by atoms with Crippen molar-refractivity contribution in [2.45, 2.75) is 32.6 Å². The molecule has 0 saturated carbocycles. The fourth-order valence-corrected chi connectivity index (χ4v) is 4.03. The molecule has 27 heavy (non-hydrogen) atoms. The summed E-state index contributed by atoms with van der Waals surface area (Å²) < 4.78 is 0. The van der Waals surface area contributed by atoms with Crippen LogP contribution < -0.4 is 5.32 Å². The van der Waals surface area contributed by atoms with E-state index in [9.17, 15) is 14.4 Å². The first-order valence-corrected chi connectivity index (χ1v) is 10.2. The number of thioether (sulfide) groups is 1. The SMILES string of the molecule is CCc1ccc(/C=C2\SC(=O)N(CCNC(=O)C3CC=CCC3)C2=O)cc1. The third-order valence-electron chi connectivity index (χ3n) is 4.83. The number of imide groups is 1. The molecule has 142 valence electrons. The standard InChI is InChI=1S/C21H24N2O3S/c1-2-15-8-10-16(11-9-15)14-18-20(25)23(21(26)27-18)13-12-22-19(24)17-6-4-3-5-7-17/h3-4,8-11,14,17H,2,5-7,12-13H2,1H3,(H,22,24)/b18-14-. The minimum Gasteiger partial charge on any atom is -0.354 e. The fourth-order valence-electron chi connectivity index (χ4n) is 3.16. The van der Waals surface area contributed by atoms with Crippen molar-refractivity contribution in [3.63, 3.8) is 0 Å². The van der Waals surface area contributed by atoms with E-state index in [0.29, 0.717) is 4.91 Å². The number of carbonyl (C=O) groups excluding carboxylic acids is 3. The summed E-state index contributed by atoms with van der Waals surface area (Å²) >= 11 is 0.950. The molecule has 0 bridgehead atoms. The molecule has 0 spiro atoms. The van der Waals surface area contributed by atoms with E-state index in [2.05, 4.69) is 18.3 Å². The molecule has 1 N–H and O–H groups in total. The average molecular weight is 385 g/mol. The van der Waals surface area contributed by atoms with Crippen molar-refractivity contribution < 1.29 is 14.4 Å². The molecule has 3 amide bonds. The number of hydrogen-bond donors (Lipinski definition) is 1. The minimum atomic E-state index is -0.292. The van der Waals surface area contributed by atoms with Gasteiger partial charge in [0.15, 0.2) is 0 Å². The topological polar surface area (TPSA) is 66.5 Å². The van der Waals surface area contributed by atoms with E-state index in [0.717, 1.165) is 43.0 Å². The lowest BCUT2D eigenvalue weighted by molar-refractivity contribution is -0.126. The van der Waals surface area contributed by atoms with Gasteiger partial charge >= 0.3 is 0 Å². The zero-order valence-corrected chi connectivity index (χ0v) is 16.3. The molecule has 0 aromatic heterocycles. The van der Waals surface area contributed by atoms with Gasteiger partial charge < -0.3 is 5.32 Å². The van der Waals surface area contributed by atoms with Crippen molar-refractivity contribution in [3.05, 3.63) is 52.4 Å². The summed E-state index contributed by atoms with van der Waals surface area (Å²) in [7, 11) is 0. The molecule has 1 aromatic rings. The second-order valence-corrected chi connectivity index (χ2v) is 7.69. The average Bonchev–Trinajstić information content (AvgIpc) is 2.96.